The van der Waals surface area contributed by atoms with E-state index in [2.05, 4.69) is 28.0 Å². The minimum atomic E-state index is -0.237. The van der Waals surface area contributed by atoms with Gasteiger partial charge >= 0.3 is 0 Å². The van der Waals surface area contributed by atoms with E-state index >= 15 is 0 Å². The SMILES string of the molecule is CCOc1cc(C=Nn2c(-c3ccccc3)nc3ccccc3c2=O)c(Br)cc1O[C@H](C)CC. The molecule has 1 heterocycles. The van der Waals surface area contributed by atoms with E-state index in [1.54, 1.807) is 12.3 Å². The molecule has 174 valence electrons. The number of para-hydroxylation sites is 1. The van der Waals surface area contributed by atoms with Crippen molar-refractivity contribution in [3.8, 4) is 22.9 Å². The summed E-state index contributed by atoms with van der Waals surface area (Å²) in [4.78, 5) is 18.1. The lowest BCUT2D eigenvalue weighted by atomic mass is 10.2. The highest BCUT2D eigenvalue weighted by Crippen LogP contribution is 2.34. The lowest BCUT2D eigenvalue weighted by molar-refractivity contribution is 0.203. The van der Waals surface area contributed by atoms with E-state index in [1.165, 1.54) is 4.68 Å². The van der Waals surface area contributed by atoms with Crippen LogP contribution in [0.2, 0.25) is 0 Å². The third-order valence-corrected chi connectivity index (χ3v) is 6.05. The van der Waals surface area contributed by atoms with Gasteiger partial charge in [-0.15, -0.1) is 0 Å². The third kappa shape index (κ3) is 5.04. The smallest absolute Gasteiger partial charge is 0.282 e. The minimum absolute atomic E-state index is 0.0568. The number of fused-ring (bicyclic) bond motifs is 1. The van der Waals surface area contributed by atoms with Gasteiger partial charge < -0.3 is 9.47 Å². The van der Waals surface area contributed by atoms with Crippen molar-refractivity contribution in [2.24, 2.45) is 5.10 Å². The summed E-state index contributed by atoms with van der Waals surface area (Å²) in [6.07, 6.45) is 2.57. The Balaban J connectivity index is 1.83. The van der Waals surface area contributed by atoms with Crippen LogP contribution in [0.4, 0.5) is 0 Å². The van der Waals surface area contributed by atoms with E-state index in [-0.39, 0.29) is 11.7 Å². The van der Waals surface area contributed by atoms with Gasteiger partial charge in [0.1, 0.15) is 0 Å². The van der Waals surface area contributed by atoms with Gasteiger partial charge in [-0.05, 0) is 60.5 Å². The van der Waals surface area contributed by atoms with Crippen LogP contribution in [0.25, 0.3) is 22.3 Å². The molecule has 1 aromatic heterocycles. The first kappa shape index (κ1) is 23.7. The summed E-state index contributed by atoms with van der Waals surface area (Å²) in [6, 6.07) is 20.6. The molecule has 7 heteroatoms. The Morgan fingerprint density at radius 3 is 2.53 bits per heavy atom. The number of ether oxygens (including phenoxy) is 2. The molecule has 0 radical (unpaired) electrons. The molecule has 0 aliphatic carbocycles. The summed E-state index contributed by atoms with van der Waals surface area (Å²) in [5.41, 5.74) is 1.94. The molecule has 0 saturated heterocycles. The molecule has 0 fully saturated rings. The second-order valence-electron chi connectivity index (χ2n) is 7.77. The molecule has 3 aromatic carbocycles. The topological polar surface area (TPSA) is 65.7 Å². The molecule has 0 bridgehead atoms. The monoisotopic (exact) mass is 519 g/mol. The van der Waals surface area contributed by atoms with Crippen LogP contribution in [0.5, 0.6) is 11.5 Å². The molecule has 1 atom stereocenters. The normalized spacial score (nSPS) is 12.2. The lowest BCUT2D eigenvalue weighted by Gasteiger charge is -2.17. The highest BCUT2D eigenvalue weighted by atomic mass is 79.9. The Bertz CT molecular complexity index is 1380. The number of hydrogen-bond donors (Lipinski definition) is 0. The van der Waals surface area contributed by atoms with Crippen LogP contribution < -0.4 is 15.0 Å². The molecular weight excluding hydrogens is 494 g/mol. The van der Waals surface area contributed by atoms with Crippen LogP contribution >= 0.6 is 15.9 Å². The largest absolute Gasteiger partial charge is 0.490 e. The van der Waals surface area contributed by atoms with Gasteiger partial charge in [0.25, 0.3) is 5.56 Å². The molecule has 0 spiro atoms. The van der Waals surface area contributed by atoms with E-state index in [4.69, 9.17) is 14.5 Å². The summed E-state index contributed by atoms with van der Waals surface area (Å²) < 4.78 is 14.0. The van der Waals surface area contributed by atoms with Crippen LogP contribution in [-0.2, 0) is 0 Å². The van der Waals surface area contributed by atoms with Crippen molar-refractivity contribution >= 4 is 33.0 Å². The van der Waals surface area contributed by atoms with Crippen molar-refractivity contribution in [2.45, 2.75) is 33.3 Å². The molecule has 0 unspecified atom stereocenters. The molecule has 34 heavy (non-hydrogen) atoms. The molecule has 0 amide bonds. The fraction of sp³-hybridized carbons (Fsp3) is 0.222. The van der Waals surface area contributed by atoms with Gasteiger partial charge in [-0.25, -0.2) is 4.98 Å². The van der Waals surface area contributed by atoms with Crippen LogP contribution in [0.1, 0.15) is 32.8 Å². The maximum absolute atomic E-state index is 13.4. The summed E-state index contributed by atoms with van der Waals surface area (Å²) in [5.74, 6) is 1.76. The second kappa shape index (κ2) is 10.7. The van der Waals surface area contributed by atoms with Gasteiger partial charge in [-0.2, -0.15) is 9.78 Å². The molecule has 0 saturated carbocycles. The Morgan fingerprint density at radius 1 is 1.06 bits per heavy atom. The minimum Gasteiger partial charge on any atom is -0.490 e. The third-order valence-electron chi connectivity index (χ3n) is 5.36. The summed E-state index contributed by atoms with van der Waals surface area (Å²) >= 11 is 3.61. The molecule has 0 aliphatic heterocycles. The van der Waals surface area contributed by atoms with Crippen LogP contribution in [0.3, 0.4) is 0 Å². The van der Waals surface area contributed by atoms with Crippen molar-refractivity contribution in [3.63, 3.8) is 0 Å². The van der Waals surface area contributed by atoms with E-state index in [0.29, 0.717) is 34.8 Å². The predicted molar refractivity (Wildman–Crippen MR) is 140 cm³/mol. The molecule has 4 rings (SSSR count). The zero-order chi connectivity index (χ0) is 24.1. The first-order chi connectivity index (χ1) is 16.5. The first-order valence-electron chi connectivity index (χ1n) is 11.3. The quantitative estimate of drug-likeness (QED) is 0.257. The van der Waals surface area contributed by atoms with Gasteiger partial charge in [0, 0.05) is 15.6 Å². The zero-order valence-corrected chi connectivity index (χ0v) is 21.0. The van der Waals surface area contributed by atoms with Crippen molar-refractivity contribution in [1.82, 2.24) is 9.66 Å². The predicted octanol–water partition coefficient (Wildman–Crippen LogP) is 6.28. The molecule has 0 aliphatic rings. The van der Waals surface area contributed by atoms with Gasteiger partial charge in [0.2, 0.25) is 0 Å². The van der Waals surface area contributed by atoms with E-state index in [1.807, 2.05) is 74.5 Å². The Hall–Kier alpha value is -3.45. The Kier molecular flexibility index (Phi) is 7.43. The van der Waals surface area contributed by atoms with E-state index in [9.17, 15) is 4.79 Å². The standard InChI is InChI=1S/C27H26BrN3O3/c1-4-18(3)34-25-16-22(28)20(15-24(25)33-5-2)17-29-31-26(19-11-7-6-8-12-19)30-23-14-10-9-13-21(23)27(31)32/h6-18H,4-5H2,1-3H3/t18-/m1/s1. The number of benzene rings is 3. The molecule has 6 nitrogen and oxygen atoms in total. The number of rotatable bonds is 8. The van der Waals surface area contributed by atoms with Gasteiger partial charge in [0.15, 0.2) is 17.3 Å². The number of halogens is 1. The summed E-state index contributed by atoms with van der Waals surface area (Å²) in [7, 11) is 0. The van der Waals surface area contributed by atoms with Crippen LogP contribution in [0.15, 0.2) is 81.1 Å². The average Bonchev–Trinajstić information content (AvgIpc) is 2.86. The zero-order valence-electron chi connectivity index (χ0n) is 19.4. The number of hydrogen-bond acceptors (Lipinski definition) is 5. The fourth-order valence-electron chi connectivity index (χ4n) is 3.44. The van der Waals surface area contributed by atoms with Crippen molar-refractivity contribution in [1.29, 1.82) is 0 Å². The first-order valence-corrected chi connectivity index (χ1v) is 12.1. The Labute approximate surface area is 207 Å². The summed E-state index contributed by atoms with van der Waals surface area (Å²) in [5, 5.41) is 5.07. The number of aromatic nitrogens is 2. The van der Waals surface area contributed by atoms with E-state index < -0.39 is 0 Å². The number of nitrogens with zero attached hydrogens (tertiary/aromatic N) is 3. The van der Waals surface area contributed by atoms with Crippen LogP contribution in [-0.4, -0.2) is 28.6 Å². The molecule has 4 aromatic rings. The van der Waals surface area contributed by atoms with Gasteiger partial charge in [0.05, 0.1) is 29.8 Å². The van der Waals surface area contributed by atoms with Crippen molar-refractivity contribution in [3.05, 3.63) is 87.1 Å². The van der Waals surface area contributed by atoms with Crippen molar-refractivity contribution < 1.29 is 9.47 Å². The van der Waals surface area contributed by atoms with E-state index in [0.717, 1.165) is 22.0 Å². The molecule has 0 N–H and O–H groups in total. The second-order valence-corrected chi connectivity index (χ2v) is 8.62. The van der Waals surface area contributed by atoms with Gasteiger partial charge in [-0.1, -0.05) is 49.4 Å². The Morgan fingerprint density at radius 2 is 1.79 bits per heavy atom. The highest BCUT2D eigenvalue weighted by Gasteiger charge is 2.14. The highest BCUT2D eigenvalue weighted by molar-refractivity contribution is 9.10. The van der Waals surface area contributed by atoms with Crippen molar-refractivity contribution in [2.75, 3.05) is 6.61 Å². The average molecular weight is 520 g/mol. The maximum Gasteiger partial charge on any atom is 0.282 e. The molecular formula is C27H26BrN3O3. The maximum atomic E-state index is 13.4. The summed E-state index contributed by atoms with van der Waals surface area (Å²) in [6.45, 7) is 6.51. The van der Waals surface area contributed by atoms with Crippen LogP contribution in [0, 0.1) is 0 Å². The lowest BCUT2D eigenvalue weighted by Crippen LogP contribution is -2.20. The fourth-order valence-corrected chi connectivity index (χ4v) is 3.86. The van der Waals surface area contributed by atoms with Gasteiger partial charge in [-0.3, -0.25) is 4.79 Å².